The molecule has 166 valence electrons. The summed E-state index contributed by atoms with van der Waals surface area (Å²) in [6, 6.07) is 4.54. The van der Waals surface area contributed by atoms with Gasteiger partial charge < -0.3 is 15.0 Å². The molecule has 6 nitrogen and oxygen atoms in total. The Kier molecular flexibility index (Phi) is 5.93. The highest BCUT2D eigenvalue weighted by Gasteiger charge is 2.43. The summed E-state index contributed by atoms with van der Waals surface area (Å²) in [5.74, 6) is -2.38. The Labute approximate surface area is 187 Å². The van der Waals surface area contributed by atoms with Crippen molar-refractivity contribution in [2.45, 2.75) is 38.3 Å². The number of H-pyrrole nitrogens is 1. The molecular formula is C21H23ClF2N4O2S. The molecule has 1 saturated heterocycles. The van der Waals surface area contributed by atoms with Gasteiger partial charge in [0.2, 0.25) is 0 Å². The Morgan fingerprint density at radius 3 is 2.90 bits per heavy atom. The molecule has 0 amide bonds. The summed E-state index contributed by atoms with van der Waals surface area (Å²) in [5.41, 5.74) is 1.40. The maximum absolute atomic E-state index is 13.6. The maximum Gasteiger partial charge on any atom is 0.262 e. The van der Waals surface area contributed by atoms with Gasteiger partial charge in [-0.2, -0.15) is 0 Å². The number of nitrogens with zero attached hydrogens (tertiary/aromatic N) is 2. The Balaban J connectivity index is 1.62. The van der Waals surface area contributed by atoms with E-state index in [0.717, 1.165) is 5.13 Å². The highest BCUT2D eigenvalue weighted by molar-refractivity contribution is 7.14. The van der Waals surface area contributed by atoms with Crippen molar-refractivity contribution in [3.8, 4) is 17.1 Å². The summed E-state index contributed by atoms with van der Waals surface area (Å²) in [6.07, 6.45) is -0.258. The fourth-order valence-corrected chi connectivity index (χ4v) is 4.78. The molecule has 2 N–H and O–H groups in total. The number of fused-ring (bicyclic) bond motifs is 1. The van der Waals surface area contributed by atoms with E-state index in [1.54, 1.807) is 24.1 Å². The normalized spacial score (nSPS) is 18.7. The number of likely N-dealkylation sites (N-methyl/N-ethyl adjacent to an activating group) is 1. The van der Waals surface area contributed by atoms with Gasteiger partial charge in [0.15, 0.2) is 10.6 Å². The average Bonchev–Trinajstić information content (AvgIpc) is 3.24. The molecule has 10 heteroatoms. The van der Waals surface area contributed by atoms with E-state index in [2.05, 4.69) is 15.3 Å². The van der Waals surface area contributed by atoms with Crippen LogP contribution >= 0.6 is 22.9 Å². The van der Waals surface area contributed by atoms with E-state index in [9.17, 15) is 13.6 Å². The maximum atomic E-state index is 13.6. The molecule has 3 heterocycles. The summed E-state index contributed by atoms with van der Waals surface area (Å²) >= 11 is 7.98. The largest absolute Gasteiger partial charge is 0.490 e. The second kappa shape index (κ2) is 8.37. The summed E-state index contributed by atoms with van der Waals surface area (Å²) in [5, 5.41) is 6.50. The first kappa shape index (κ1) is 22.0. The SMILES string of the molecule is CC(C)Nc1nc(-c2cc(=O)c3ccc(OC[C@@H]4CC(F)(F)CN4C)c(Cl)c3[nH]2)cs1. The molecule has 0 radical (unpaired) electrons. The Morgan fingerprint density at radius 2 is 2.23 bits per heavy atom. The van der Waals surface area contributed by atoms with Crippen LogP contribution in [-0.4, -0.2) is 53.1 Å². The van der Waals surface area contributed by atoms with Crippen LogP contribution < -0.4 is 15.5 Å². The standard InChI is InChI=1S/C21H23ClF2N4O2S/c1-11(2)25-20-27-15(9-31-20)14-6-16(29)13-4-5-17(18(22)19(13)26-14)30-8-12-7-21(23,24)10-28(12)3/h4-6,9,11-12H,7-8,10H2,1-3H3,(H,25,27)(H,26,29)/t12-/m0/s1. The molecule has 1 fully saturated rings. The highest BCUT2D eigenvalue weighted by atomic mass is 35.5. The lowest BCUT2D eigenvalue weighted by Gasteiger charge is -2.19. The number of halogens is 3. The summed E-state index contributed by atoms with van der Waals surface area (Å²) in [7, 11) is 1.65. The van der Waals surface area contributed by atoms with Crippen LogP contribution in [0.15, 0.2) is 28.4 Å². The fourth-order valence-electron chi connectivity index (χ4n) is 3.66. The third-order valence-electron chi connectivity index (χ3n) is 5.17. The fraction of sp³-hybridized carbons (Fsp3) is 0.429. The van der Waals surface area contributed by atoms with E-state index in [-0.39, 0.29) is 36.1 Å². The number of nitrogens with one attached hydrogen (secondary N) is 2. The quantitative estimate of drug-likeness (QED) is 0.541. The third kappa shape index (κ3) is 4.68. The number of likely N-dealkylation sites (tertiary alicyclic amines) is 1. The molecule has 2 aromatic heterocycles. The minimum atomic E-state index is -2.72. The number of aromatic amines is 1. The number of pyridine rings is 1. The number of alkyl halides is 2. The first-order chi connectivity index (χ1) is 14.6. The third-order valence-corrected chi connectivity index (χ3v) is 6.32. The van der Waals surface area contributed by atoms with Gasteiger partial charge in [-0.1, -0.05) is 11.6 Å². The number of aromatic nitrogens is 2. The van der Waals surface area contributed by atoms with E-state index in [0.29, 0.717) is 28.0 Å². The van der Waals surface area contributed by atoms with Gasteiger partial charge in [-0.25, -0.2) is 13.8 Å². The predicted molar refractivity (Wildman–Crippen MR) is 121 cm³/mol. The first-order valence-corrected chi connectivity index (χ1v) is 11.2. The zero-order valence-corrected chi connectivity index (χ0v) is 18.9. The van der Waals surface area contributed by atoms with Crippen molar-refractivity contribution in [1.82, 2.24) is 14.9 Å². The molecule has 0 aliphatic carbocycles. The summed E-state index contributed by atoms with van der Waals surface area (Å²) in [4.78, 5) is 21.9. The minimum absolute atomic E-state index is 0.0809. The number of hydrogen-bond donors (Lipinski definition) is 2. The van der Waals surface area contributed by atoms with Crippen molar-refractivity contribution in [2.24, 2.45) is 0 Å². The van der Waals surface area contributed by atoms with Gasteiger partial charge >= 0.3 is 0 Å². The molecule has 3 aromatic rings. The van der Waals surface area contributed by atoms with Crippen molar-refractivity contribution < 1.29 is 13.5 Å². The molecule has 0 bridgehead atoms. The van der Waals surface area contributed by atoms with Gasteiger partial charge in [0.05, 0.1) is 23.4 Å². The van der Waals surface area contributed by atoms with Crippen molar-refractivity contribution in [3.05, 3.63) is 38.8 Å². The Morgan fingerprint density at radius 1 is 1.45 bits per heavy atom. The van der Waals surface area contributed by atoms with Gasteiger partial charge in [0.1, 0.15) is 17.4 Å². The lowest BCUT2D eigenvalue weighted by atomic mass is 10.1. The van der Waals surface area contributed by atoms with E-state index >= 15 is 0 Å². The van der Waals surface area contributed by atoms with Gasteiger partial charge in [0.25, 0.3) is 5.92 Å². The molecule has 1 aliphatic rings. The zero-order valence-electron chi connectivity index (χ0n) is 17.3. The molecule has 31 heavy (non-hydrogen) atoms. The topological polar surface area (TPSA) is 70.2 Å². The van der Waals surface area contributed by atoms with Crippen molar-refractivity contribution in [3.63, 3.8) is 0 Å². The number of rotatable bonds is 6. The predicted octanol–water partition coefficient (Wildman–Crippen LogP) is 4.84. The molecule has 0 spiro atoms. The van der Waals surface area contributed by atoms with Crippen molar-refractivity contribution in [1.29, 1.82) is 0 Å². The molecule has 1 aromatic carbocycles. The van der Waals surface area contributed by atoms with Crippen LogP contribution in [0.3, 0.4) is 0 Å². The monoisotopic (exact) mass is 468 g/mol. The van der Waals surface area contributed by atoms with Crippen molar-refractivity contribution >= 4 is 39.0 Å². The number of benzene rings is 1. The van der Waals surface area contributed by atoms with Crippen LogP contribution in [0.1, 0.15) is 20.3 Å². The molecular weight excluding hydrogens is 446 g/mol. The van der Waals surface area contributed by atoms with E-state index < -0.39 is 12.0 Å². The number of hydrogen-bond acceptors (Lipinski definition) is 6. The second-order valence-corrected chi connectivity index (χ2v) is 9.36. The van der Waals surface area contributed by atoms with Gasteiger partial charge in [-0.3, -0.25) is 9.69 Å². The molecule has 4 rings (SSSR count). The van der Waals surface area contributed by atoms with Crippen LogP contribution in [0.2, 0.25) is 5.02 Å². The lowest BCUT2D eigenvalue weighted by Crippen LogP contribution is -2.30. The summed E-state index contributed by atoms with van der Waals surface area (Å²) in [6.45, 7) is 3.83. The highest BCUT2D eigenvalue weighted by Crippen LogP contribution is 2.35. The van der Waals surface area contributed by atoms with Gasteiger partial charge in [-0.15, -0.1) is 11.3 Å². The van der Waals surface area contributed by atoms with Crippen LogP contribution in [0.4, 0.5) is 13.9 Å². The molecule has 1 aliphatic heterocycles. The van der Waals surface area contributed by atoms with Crippen molar-refractivity contribution in [2.75, 3.05) is 25.5 Å². The Bertz CT molecular complexity index is 1160. The smallest absolute Gasteiger partial charge is 0.262 e. The average molecular weight is 469 g/mol. The van der Waals surface area contributed by atoms with Gasteiger partial charge in [-0.05, 0) is 33.0 Å². The van der Waals surface area contributed by atoms with Crippen LogP contribution in [0, 0.1) is 0 Å². The zero-order chi connectivity index (χ0) is 22.3. The van der Waals surface area contributed by atoms with E-state index in [4.69, 9.17) is 16.3 Å². The first-order valence-electron chi connectivity index (χ1n) is 9.92. The minimum Gasteiger partial charge on any atom is -0.490 e. The lowest BCUT2D eigenvalue weighted by molar-refractivity contribution is 0.0137. The molecule has 0 saturated carbocycles. The molecule has 0 unspecified atom stereocenters. The van der Waals surface area contributed by atoms with Gasteiger partial charge in [0, 0.05) is 35.3 Å². The second-order valence-electron chi connectivity index (χ2n) is 8.12. The van der Waals surface area contributed by atoms with E-state index in [1.807, 2.05) is 19.2 Å². The van der Waals surface area contributed by atoms with Crippen LogP contribution in [0.5, 0.6) is 5.75 Å². The Hall–Kier alpha value is -2.23. The number of ether oxygens (including phenoxy) is 1. The van der Waals surface area contributed by atoms with E-state index in [1.165, 1.54) is 17.4 Å². The summed E-state index contributed by atoms with van der Waals surface area (Å²) < 4.78 is 33.0. The number of thiazole rings is 1. The van der Waals surface area contributed by atoms with Crippen LogP contribution in [-0.2, 0) is 0 Å². The number of anilines is 1. The molecule has 1 atom stereocenters. The van der Waals surface area contributed by atoms with Crippen LogP contribution in [0.25, 0.3) is 22.3 Å².